The van der Waals surface area contributed by atoms with E-state index in [1.54, 1.807) is 23.5 Å². The number of anilines is 3. The Morgan fingerprint density at radius 2 is 1.84 bits per heavy atom. The molecule has 2 aromatic carbocycles. The van der Waals surface area contributed by atoms with E-state index in [0.717, 1.165) is 16.9 Å². The van der Waals surface area contributed by atoms with Crippen molar-refractivity contribution < 1.29 is 4.79 Å². The molecule has 1 heterocycles. The van der Waals surface area contributed by atoms with Crippen molar-refractivity contribution in [1.82, 2.24) is 9.97 Å². The van der Waals surface area contributed by atoms with Gasteiger partial charge in [-0.2, -0.15) is 0 Å². The number of hydrogen-bond donors (Lipinski definition) is 3. The molecule has 0 saturated heterocycles. The molecule has 128 valence electrons. The molecule has 3 aromatic rings. The van der Waals surface area contributed by atoms with Gasteiger partial charge in [0.15, 0.2) is 0 Å². The van der Waals surface area contributed by atoms with Crippen molar-refractivity contribution in [3.8, 4) is 0 Å². The Balaban J connectivity index is 2.01. The molecule has 6 nitrogen and oxygen atoms in total. The summed E-state index contributed by atoms with van der Waals surface area (Å²) < 4.78 is 0. The SMILES string of the molecule is Cc1ccccc1N(C(=O)[C@@H](N)Cc1c[nH]cn1)c1ccccc1N. The molecule has 0 aliphatic heterocycles. The molecule has 25 heavy (non-hydrogen) atoms. The summed E-state index contributed by atoms with van der Waals surface area (Å²) >= 11 is 0. The fraction of sp³-hybridized carbons (Fsp3) is 0.158. The first kappa shape index (κ1) is 16.7. The number of rotatable bonds is 5. The van der Waals surface area contributed by atoms with Crippen LogP contribution in [0, 0.1) is 6.92 Å². The van der Waals surface area contributed by atoms with Gasteiger partial charge in [0, 0.05) is 12.6 Å². The van der Waals surface area contributed by atoms with Gasteiger partial charge in [-0.3, -0.25) is 9.69 Å². The summed E-state index contributed by atoms with van der Waals surface area (Å²) in [4.78, 5) is 21.8. The number of aromatic nitrogens is 2. The van der Waals surface area contributed by atoms with Gasteiger partial charge < -0.3 is 16.5 Å². The lowest BCUT2D eigenvalue weighted by Gasteiger charge is -2.28. The third kappa shape index (κ3) is 3.54. The second-order valence-electron chi connectivity index (χ2n) is 5.89. The molecule has 6 heteroatoms. The van der Waals surface area contributed by atoms with Crippen molar-refractivity contribution in [2.24, 2.45) is 5.73 Å². The zero-order chi connectivity index (χ0) is 17.8. The zero-order valence-electron chi connectivity index (χ0n) is 14.0. The summed E-state index contributed by atoms with van der Waals surface area (Å²) in [5.74, 6) is -0.227. The average molecular weight is 335 g/mol. The largest absolute Gasteiger partial charge is 0.397 e. The van der Waals surface area contributed by atoms with Crippen molar-refractivity contribution in [2.45, 2.75) is 19.4 Å². The summed E-state index contributed by atoms with van der Waals surface area (Å²) in [5, 5.41) is 0. The first-order valence-corrected chi connectivity index (χ1v) is 8.05. The van der Waals surface area contributed by atoms with Crippen molar-refractivity contribution >= 4 is 23.0 Å². The number of para-hydroxylation sites is 3. The molecule has 0 spiro atoms. The van der Waals surface area contributed by atoms with Gasteiger partial charge in [-0.1, -0.05) is 30.3 Å². The van der Waals surface area contributed by atoms with Crippen LogP contribution in [0.2, 0.25) is 0 Å². The van der Waals surface area contributed by atoms with E-state index in [4.69, 9.17) is 11.5 Å². The molecule has 1 aromatic heterocycles. The Morgan fingerprint density at radius 3 is 2.48 bits per heavy atom. The number of benzene rings is 2. The minimum atomic E-state index is -0.734. The third-order valence-corrected chi connectivity index (χ3v) is 4.06. The number of imidazole rings is 1. The molecule has 0 aliphatic rings. The highest BCUT2D eigenvalue weighted by atomic mass is 16.2. The Labute approximate surface area is 146 Å². The van der Waals surface area contributed by atoms with Gasteiger partial charge in [0.25, 0.3) is 0 Å². The van der Waals surface area contributed by atoms with E-state index in [1.807, 2.05) is 49.4 Å². The van der Waals surface area contributed by atoms with Gasteiger partial charge in [0.2, 0.25) is 5.91 Å². The number of nitrogens with zero attached hydrogens (tertiary/aromatic N) is 2. The van der Waals surface area contributed by atoms with Crippen LogP contribution in [0.3, 0.4) is 0 Å². The molecule has 3 rings (SSSR count). The summed E-state index contributed by atoms with van der Waals surface area (Å²) in [6.45, 7) is 1.95. The number of carbonyl (C=O) groups is 1. The van der Waals surface area contributed by atoms with E-state index in [0.29, 0.717) is 17.8 Å². The van der Waals surface area contributed by atoms with Gasteiger partial charge in [-0.25, -0.2) is 4.98 Å². The Kier molecular flexibility index (Phi) is 4.81. The van der Waals surface area contributed by atoms with Gasteiger partial charge in [0.05, 0.1) is 35.1 Å². The van der Waals surface area contributed by atoms with Crippen molar-refractivity contribution in [2.75, 3.05) is 10.6 Å². The van der Waals surface area contributed by atoms with Crippen LogP contribution in [-0.4, -0.2) is 21.9 Å². The van der Waals surface area contributed by atoms with Crippen molar-refractivity contribution in [3.63, 3.8) is 0 Å². The Bertz CT molecular complexity index is 814. The normalized spacial score (nSPS) is 11.9. The molecule has 0 radical (unpaired) electrons. The van der Waals surface area contributed by atoms with Crippen LogP contribution in [0.15, 0.2) is 61.1 Å². The molecule has 0 fully saturated rings. The smallest absolute Gasteiger partial charge is 0.248 e. The predicted molar refractivity (Wildman–Crippen MR) is 99.4 cm³/mol. The maximum Gasteiger partial charge on any atom is 0.248 e. The number of amides is 1. The van der Waals surface area contributed by atoms with Gasteiger partial charge in [0.1, 0.15) is 0 Å². The highest BCUT2D eigenvalue weighted by molar-refractivity contribution is 6.06. The number of hydrogen-bond acceptors (Lipinski definition) is 4. The lowest BCUT2D eigenvalue weighted by molar-refractivity contribution is -0.119. The highest BCUT2D eigenvalue weighted by Crippen LogP contribution is 2.33. The molecule has 0 bridgehead atoms. The number of H-pyrrole nitrogens is 1. The third-order valence-electron chi connectivity index (χ3n) is 4.06. The second kappa shape index (κ2) is 7.19. The van der Waals surface area contributed by atoms with Crippen molar-refractivity contribution in [3.05, 3.63) is 72.3 Å². The lowest BCUT2D eigenvalue weighted by atomic mass is 10.1. The number of aromatic amines is 1. The highest BCUT2D eigenvalue weighted by Gasteiger charge is 2.26. The molecular weight excluding hydrogens is 314 g/mol. The number of nitrogens with one attached hydrogen (secondary N) is 1. The van der Waals surface area contributed by atoms with Gasteiger partial charge in [-0.05, 0) is 30.7 Å². The number of aryl methyl sites for hydroxylation is 1. The quantitative estimate of drug-likeness (QED) is 0.624. The first-order chi connectivity index (χ1) is 12.1. The topological polar surface area (TPSA) is 101 Å². The number of nitrogen functional groups attached to an aromatic ring is 1. The fourth-order valence-electron chi connectivity index (χ4n) is 2.75. The van der Waals surface area contributed by atoms with Crippen LogP contribution in [0.25, 0.3) is 0 Å². The molecule has 0 aliphatic carbocycles. The Morgan fingerprint density at radius 1 is 1.16 bits per heavy atom. The van der Waals surface area contributed by atoms with Gasteiger partial charge in [-0.15, -0.1) is 0 Å². The van der Waals surface area contributed by atoms with Crippen LogP contribution in [-0.2, 0) is 11.2 Å². The van der Waals surface area contributed by atoms with Crippen LogP contribution in [0.5, 0.6) is 0 Å². The Hall–Kier alpha value is -3.12. The molecular formula is C19H21N5O. The molecule has 0 saturated carbocycles. The van der Waals surface area contributed by atoms with Gasteiger partial charge >= 0.3 is 0 Å². The molecule has 1 amide bonds. The van der Waals surface area contributed by atoms with Crippen LogP contribution in [0.1, 0.15) is 11.3 Å². The molecule has 1 atom stereocenters. The summed E-state index contributed by atoms with van der Waals surface area (Å²) in [7, 11) is 0. The fourth-order valence-corrected chi connectivity index (χ4v) is 2.75. The number of nitrogens with two attached hydrogens (primary N) is 2. The van der Waals surface area contributed by atoms with E-state index < -0.39 is 6.04 Å². The van der Waals surface area contributed by atoms with E-state index in [9.17, 15) is 4.79 Å². The lowest BCUT2D eigenvalue weighted by Crippen LogP contribution is -2.43. The molecule has 0 unspecified atom stereocenters. The number of carbonyl (C=O) groups excluding carboxylic acids is 1. The van der Waals surface area contributed by atoms with E-state index in [-0.39, 0.29) is 5.91 Å². The predicted octanol–water partition coefficient (Wildman–Crippen LogP) is 2.54. The summed E-state index contributed by atoms with van der Waals surface area (Å²) in [6, 6.07) is 14.2. The van der Waals surface area contributed by atoms with E-state index in [2.05, 4.69) is 9.97 Å². The zero-order valence-corrected chi connectivity index (χ0v) is 14.0. The molecule has 5 N–H and O–H groups in total. The summed E-state index contributed by atoms with van der Waals surface area (Å²) in [6.07, 6.45) is 3.65. The second-order valence-corrected chi connectivity index (χ2v) is 5.89. The van der Waals surface area contributed by atoms with Crippen molar-refractivity contribution in [1.29, 1.82) is 0 Å². The maximum atomic E-state index is 13.2. The van der Waals surface area contributed by atoms with Crippen LogP contribution < -0.4 is 16.4 Å². The average Bonchev–Trinajstić information content (AvgIpc) is 3.11. The standard InChI is InChI=1S/C19H21N5O/c1-13-6-2-4-8-17(13)24(18-9-5-3-7-15(18)20)19(25)16(21)10-14-11-22-12-23-14/h2-9,11-12,16H,10,20-21H2,1H3,(H,22,23)/t16-/m0/s1. The van der Waals surface area contributed by atoms with E-state index >= 15 is 0 Å². The minimum Gasteiger partial charge on any atom is -0.397 e. The monoisotopic (exact) mass is 335 g/mol. The van der Waals surface area contributed by atoms with E-state index in [1.165, 1.54) is 0 Å². The maximum absolute atomic E-state index is 13.2. The summed E-state index contributed by atoms with van der Waals surface area (Å²) in [5.41, 5.74) is 15.9. The van der Waals surface area contributed by atoms with Crippen LogP contribution >= 0.6 is 0 Å². The first-order valence-electron chi connectivity index (χ1n) is 8.05. The van der Waals surface area contributed by atoms with Crippen LogP contribution in [0.4, 0.5) is 17.1 Å². The minimum absolute atomic E-state index is 0.227.